The van der Waals surface area contributed by atoms with Gasteiger partial charge in [0.15, 0.2) is 5.65 Å². The van der Waals surface area contributed by atoms with E-state index in [1.165, 1.54) is 0 Å². The van der Waals surface area contributed by atoms with E-state index in [0.717, 1.165) is 22.2 Å². The number of imidazole rings is 1. The molecule has 0 aliphatic carbocycles. The predicted octanol–water partition coefficient (Wildman–Crippen LogP) is 1.67. The molecule has 92 valence electrons. The number of halogens is 1. The van der Waals surface area contributed by atoms with Crippen molar-refractivity contribution in [3.8, 4) is 0 Å². The van der Waals surface area contributed by atoms with Crippen LogP contribution in [-0.4, -0.2) is 24.3 Å². The van der Waals surface area contributed by atoms with E-state index in [1.54, 1.807) is 12.4 Å². The molecule has 7 heteroatoms. The summed E-state index contributed by atoms with van der Waals surface area (Å²) < 4.78 is 4.64. The van der Waals surface area contributed by atoms with Crippen LogP contribution in [0.5, 0.6) is 0 Å². The minimum absolute atomic E-state index is 0.475. The Morgan fingerprint density at radius 2 is 2.22 bits per heavy atom. The van der Waals surface area contributed by atoms with Gasteiger partial charge in [0.05, 0.1) is 6.54 Å². The molecule has 6 nitrogen and oxygen atoms in total. The fourth-order valence-electron chi connectivity index (χ4n) is 1.86. The number of rotatable bonds is 3. The van der Waals surface area contributed by atoms with Crippen molar-refractivity contribution < 1.29 is 0 Å². The lowest BCUT2D eigenvalue weighted by atomic mass is 10.4. The molecule has 0 spiro atoms. The van der Waals surface area contributed by atoms with Crippen LogP contribution in [-0.2, 0) is 13.1 Å². The van der Waals surface area contributed by atoms with Gasteiger partial charge in [-0.25, -0.2) is 9.97 Å². The molecule has 0 aliphatic heterocycles. The first-order valence-electron chi connectivity index (χ1n) is 5.49. The Bertz CT molecular complexity index is 672. The van der Waals surface area contributed by atoms with Gasteiger partial charge in [-0.1, -0.05) is 0 Å². The van der Waals surface area contributed by atoms with Gasteiger partial charge in [-0.15, -0.1) is 0 Å². The van der Waals surface area contributed by atoms with Crippen LogP contribution in [0, 0.1) is 0 Å². The molecule has 3 rings (SSSR count). The second-order valence-electron chi connectivity index (χ2n) is 3.89. The Morgan fingerprint density at radius 1 is 1.33 bits per heavy atom. The number of aromatic nitrogens is 5. The number of nitrogens with zero attached hydrogens (tertiary/aromatic N) is 5. The van der Waals surface area contributed by atoms with Gasteiger partial charge in [0, 0.05) is 29.6 Å². The molecule has 3 aromatic rings. The van der Waals surface area contributed by atoms with E-state index in [9.17, 15) is 0 Å². The summed E-state index contributed by atoms with van der Waals surface area (Å²) in [6.45, 7) is 1.43. The Balaban J connectivity index is 1.93. The van der Waals surface area contributed by atoms with Crippen molar-refractivity contribution >= 4 is 33.0 Å². The van der Waals surface area contributed by atoms with Crippen molar-refractivity contribution in [2.75, 3.05) is 5.73 Å². The summed E-state index contributed by atoms with van der Waals surface area (Å²) in [7, 11) is 0. The van der Waals surface area contributed by atoms with Crippen molar-refractivity contribution in [2.45, 2.75) is 13.1 Å². The fourth-order valence-corrected chi connectivity index (χ4v) is 2.18. The minimum Gasteiger partial charge on any atom is -0.369 e. The molecule has 0 bridgehead atoms. The lowest BCUT2D eigenvalue weighted by molar-refractivity contribution is 0.543. The maximum Gasteiger partial charge on any atom is 0.202 e. The van der Waals surface area contributed by atoms with Crippen LogP contribution >= 0.6 is 15.9 Å². The third-order valence-corrected chi connectivity index (χ3v) is 3.13. The zero-order chi connectivity index (χ0) is 12.5. The SMILES string of the molecule is Nc1nc2cc(Br)cnc2n1CCn1cccn1. The standard InChI is InChI=1S/C11H11BrN6/c12-8-6-9-10(14-7-8)18(11(13)16-9)5-4-17-3-1-2-15-17/h1-3,6-7H,4-5H2,(H2,13,16). The number of fused-ring (bicyclic) bond motifs is 1. The quantitative estimate of drug-likeness (QED) is 0.799. The second kappa shape index (κ2) is 4.41. The Labute approximate surface area is 112 Å². The number of aryl methyl sites for hydroxylation is 2. The lowest BCUT2D eigenvalue weighted by Gasteiger charge is -2.05. The van der Waals surface area contributed by atoms with Crippen LogP contribution in [0.3, 0.4) is 0 Å². The normalized spacial score (nSPS) is 11.2. The van der Waals surface area contributed by atoms with Crippen molar-refractivity contribution in [2.24, 2.45) is 0 Å². The zero-order valence-corrected chi connectivity index (χ0v) is 11.1. The average Bonchev–Trinajstić information content (AvgIpc) is 2.93. The van der Waals surface area contributed by atoms with E-state index in [1.807, 2.05) is 27.6 Å². The monoisotopic (exact) mass is 306 g/mol. The molecule has 0 atom stereocenters. The first kappa shape index (κ1) is 11.2. The summed E-state index contributed by atoms with van der Waals surface area (Å²) >= 11 is 3.37. The molecule has 0 saturated heterocycles. The second-order valence-corrected chi connectivity index (χ2v) is 4.80. The molecular formula is C11H11BrN6. The van der Waals surface area contributed by atoms with Gasteiger partial charge in [-0.3, -0.25) is 9.25 Å². The molecule has 2 N–H and O–H groups in total. The first-order chi connectivity index (χ1) is 8.74. The van der Waals surface area contributed by atoms with E-state index in [0.29, 0.717) is 12.5 Å². The summed E-state index contributed by atoms with van der Waals surface area (Å²) in [4.78, 5) is 8.64. The summed E-state index contributed by atoms with van der Waals surface area (Å²) in [5, 5.41) is 4.15. The fraction of sp³-hybridized carbons (Fsp3) is 0.182. The molecule has 0 radical (unpaired) electrons. The van der Waals surface area contributed by atoms with Crippen LogP contribution < -0.4 is 5.73 Å². The molecule has 0 saturated carbocycles. The number of hydrogen-bond donors (Lipinski definition) is 1. The highest BCUT2D eigenvalue weighted by atomic mass is 79.9. The maximum atomic E-state index is 5.91. The predicted molar refractivity (Wildman–Crippen MR) is 71.9 cm³/mol. The lowest BCUT2D eigenvalue weighted by Crippen LogP contribution is -2.10. The van der Waals surface area contributed by atoms with E-state index < -0.39 is 0 Å². The topological polar surface area (TPSA) is 74.5 Å². The third-order valence-electron chi connectivity index (χ3n) is 2.69. The highest BCUT2D eigenvalue weighted by Crippen LogP contribution is 2.19. The van der Waals surface area contributed by atoms with E-state index in [-0.39, 0.29) is 0 Å². The van der Waals surface area contributed by atoms with Crippen molar-refractivity contribution in [1.29, 1.82) is 0 Å². The van der Waals surface area contributed by atoms with Gasteiger partial charge >= 0.3 is 0 Å². The van der Waals surface area contributed by atoms with Gasteiger partial charge in [0.1, 0.15) is 5.52 Å². The molecule has 18 heavy (non-hydrogen) atoms. The summed E-state index contributed by atoms with van der Waals surface area (Å²) in [5.41, 5.74) is 7.50. The molecule has 3 heterocycles. The van der Waals surface area contributed by atoms with Crippen molar-refractivity contribution in [3.63, 3.8) is 0 Å². The zero-order valence-electron chi connectivity index (χ0n) is 9.49. The number of anilines is 1. The van der Waals surface area contributed by atoms with Crippen LogP contribution in [0.15, 0.2) is 35.2 Å². The molecular weight excluding hydrogens is 296 g/mol. The highest BCUT2D eigenvalue weighted by Gasteiger charge is 2.09. The highest BCUT2D eigenvalue weighted by molar-refractivity contribution is 9.10. The molecule has 0 unspecified atom stereocenters. The summed E-state index contributed by atoms with van der Waals surface area (Å²) in [6.07, 6.45) is 5.41. The summed E-state index contributed by atoms with van der Waals surface area (Å²) in [5.74, 6) is 0.475. The number of nitrogens with two attached hydrogens (primary N) is 1. The van der Waals surface area contributed by atoms with E-state index >= 15 is 0 Å². The van der Waals surface area contributed by atoms with E-state index in [2.05, 4.69) is 31.0 Å². The minimum atomic E-state index is 0.475. The van der Waals surface area contributed by atoms with Crippen LogP contribution in [0.1, 0.15) is 0 Å². The first-order valence-corrected chi connectivity index (χ1v) is 6.28. The van der Waals surface area contributed by atoms with Gasteiger partial charge in [0.2, 0.25) is 5.95 Å². The Morgan fingerprint density at radius 3 is 3.00 bits per heavy atom. The molecule has 3 aromatic heterocycles. The Kier molecular flexibility index (Phi) is 2.75. The Hall–Kier alpha value is -1.89. The summed E-state index contributed by atoms with van der Waals surface area (Å²) in [6, 6.07) is 3.80. The maximum absolute atomic E-state index is 5.91. The van der Waals surface area contributed by atoms with Gasteiger partial charge in [-0.2, -0.15) is 5.10 Å². The number of nitrogen functional groups attached to an aromatic ring is 1. The number of pyridine rings is 1. The molecule has 0 fully saturated rings. The molecule has 0 aromatic carbocycles. The molecule has 0 aliphatic rings. The van der Waals surface area contributed by atoms with Gasteiger partial charge in [-0.05, 0) is 28.1 Å². The van der Waals surface area contributed by atoms with Gasteiger partial charge in [0.25, 0.3) is 0 Å². The smallest absolute Gasteiger partial charge is 0.202 e. The van der Waals surface area contributed by atoms with E-state index in [4.69, 9.17) is 5.73 Å². The van der Waals surface area contributed by atoms with Crippen LogP contribution in [0.4, 0.5) is 5.95 Å². The van der Waals surface area contributed by atoms with Gasteiger partial charge < -0.3 is 5.73 Å². The molecule has 0 amide bonds. The van der Waals surface area contributed by atoms with Crippen LogP contribution in [0.25, 0.3) is 11.2 Å². The van der Waals surface area contributed by atoms with Crippen molar-refractivity contribution in [1.82, 2.24) is 24.3 Å². The van der Waals surface area contributed by atoms with Crippen LogP contribution in [0.2, 0.25) is 0 Å². The van der Waals surface area contributed by atoms with Crippen molar-refractivity contribution in [3.05, 3.63) is 35.2 Å². The largest absolute Gasteiger partial charge is 0.369 e. The average molecular weight is 307 g/mol. The number of hydrogen-bond acceptors (Lipinski definition) is 4. The third kappa shape index (κ3) is 1.97.